The number of benzene rings is 2. The normalized spacial score (nSPS) is 20.6. The highest BCUT2D eigenvalue weighted by molar-refractivity contribution is 9.10. The maximum atomic E-state index is 6.28. The first-order chi connectivity index (χ1) is 10.1. The minimum atomic E-state index is -0.113. The Morgan fingerprint density at radius 1 is 1.24 bits per heavy atom. The van der Waals surface area contributed by atoms with Crippen molar-refractivity contribution in [3.63, 3.8) is 0 Å². The van der Waals surface area contributed by atoms with Gasteiger partial charge in [0.2, 0.25) is 0 Å². The summed E-state index contributed by atoms with van der Waals surface area (Å²) in [6.45, 7) is 0. The molecule has 1 aliphatic rings. The summed E-state index contributed by atoms with van der Waals surface area (Å²) in [7, 11) is 1.65. The predicted octanol–water partition coefficient (Wildman–Crippen LogP) is 4.63. The van der Waals surface area contributed by atoms with Crippen LogP contribution in [-0.4, -0.2) is 7.11 Å². The number of fused-ring (bicyclic) bond motifs is 1. The number of methoxy groups -OCH3 is 1. The Kier molecular flexibility index (Phi) is 4.11. The van der Waals surface area contributed by atoms with Crippen LogP contribution in [-0.2, 0) is 0 Å². The summed E-state index contributed by atoms with van der Waals surface area (Å²) in [4.78, 5) is 0. The molecule has 0 saturated carbocycles. The molecule has 2 aromatic carbocycles. The molecule has 1 heterocycles. The minimum Gasteiger partial charge on any atom is -0.497 e. The molecule has 0 saturated heterocycles. The van der Waals surface area contributed by atoms with E-state index in [0.717, 1.165) is 27.1 Å². The fourth-order valence-electron chi connectivity index (χ4n) is 2.56. The van der Waals surface area contributed by atoms with Gasteiger partial charge in [-0.25, -0.2) is 0 Å². The Balaban J connectivity index is 1.97. The molecule has 2 atom stereocenters. The molecule has 0 spiro atoms. The van der Waals surface area contributed by atoms with Gasteiger partial charge < -0.3 is 15.2 Å². The van der Waals surface area contributed by atoms with Gasteiger partial charge in [-0.15, -0.1) is 0 Å². The second-order valence-electron chi connectivity index (χ2n) is 5.02. The van der Waals surface area contributed by atoms with Crippen LogP contribution >= 0.6 is 27.5 Å². The van der Waals surface area contributed by atoms with Crippen molar-refractivity contribution >= 4 is 27.5 Å². The van der Waals surface area contributed by atoms with Gasteiger partial charge in [0.1, 0.15) is 17.6 Å². The first-order valence-electron chi connectivity index (χ1n) is 6.63. The molecule has 110 valence electrons. The zero-order chi connectivity index (χ0) is 15.0. The Bertz CT molecular complexity index is 677. The molecule has 1 aliphatic heterocycles. The Morgan fingerprint density at radius 3 is 2.81 bits per heavy atom. The summed E-state index contributed by atoms with van der Waals surface area (Å²) < 4.78 is 12.4. The first kappa shape index (κ1) is 14.7. The fourth-order valence-corrected chi connectivity index (χ4v) is 3.24. The van der Waals surface area contributed by atoms with Crippen molar-refractivity contribution < 1.29 is 9.47 Å². The monoisotopic (exact) mass is 367 g/mol. The van der Waals surface area contributed by atoms with Crippen LogP contribution in [0.3, 0.4) is 0 Å². The van der Waals surface area contributed by atoms with E-state index in [1.807, 2.05) is 36.4 Å². The molecule has 2 aromatic rings. The number of halogens is 2. The summed E-state index contributed by atoms with van der Waals surface area (Å²) in [5, 5.41) is 0.675. The molecular formula is C16H15BrClNO2. The molecule has 2 N–H and O–H groups in total. The number of rotatable bonds is 2. The fraction of sp³-hybridized carbons (Fsp3) is 0.250. The maximum absolute atomic E-state index is 6.28. The Labute approximate surface area is 137 Å². The summed E-state index contributed by atoms with van der Waals surface area (Å²) in [6.07, 6.45) is 0.581. The lowest BCUT2D eigenvalue weighted by Gasteiger charge is -2.31. The van der Waals surface area contributed by atoms with E-state index in [1.165, 1.54) is 0 Å². The largest absolute Gasteiger partial charge is 0.497 e. The Hall–Kier alpha value is -1.23. The van der Waals surface area contributed by atoms with Gasteiger partial charge in [-0.1, -0.05) is 27.5 Å². The van der Waals surface area contributed by atoms with E-state index < -0.39 is 0 Å². The van der Waals surface area contributed by atoms with E-state index >= 15 is 0 Å². The highest BCUT2D eigenvalue weighted by atomic mass is 79.9. The third-order valence-electron chi connectivity index (χ3n) is 3.66. The van der Waals surface area contributed by atoms with Gasteiger partial charge in [-0.05, 0) is 36.4 Å². The summed E-state index contributed by atoms with van der Waals surface area (Å²) in [5.74, 6) is 1.59. The molecule has 21 heavy (non-hydrogen) atoms. The lowest BCUT2D eigenvalue weighted by molar-refractivity contribution is 0.160. The van der Waals surface area contributed by atoms with E-state index in [0.29, 0.717) is 11.4 Å². The van der Waals surface area contributed by atoms with Crippen LogP contribution in [0.1, 0.15) is 29.7 Å². The van der Waals surface area contributed by atoms with Crippen LogP contribution in [0.25, 0.3) is 0 Å². The molecule has 5 heteroatoms. The lowest BCUT2D eigenvalue weighted by atomic mass is 9.93. The third kappa shape index (κ3) is 2.89. The van der Waals surface area contributed by atoms with E-state index in [1.54, 1.807) is 7.11 Å². The van der Waals surface area contributed by atoms with E-state index in [-0.39, 0.29) is 12.1 Å². The lowest BCUT2D eigenvalue weighted by Crippen LogP contribution is -2.24. The van der Waals surface area contributed by atoms with Crippen LogP contribution in [0, 0.1) is 0 Å². The van der Waals surface area contributed by atoms with Crippen molar-refractivity contribution in [1.29, 1.82) is 0 Å². The second kappa shape index (κ2) is 5.87. The van der Waals surface area contributed by atoms with Crippen molar-refractivity contribution in [2.24, 2.45) is 5.73 Å². The second-order valence-corrected chi connectivity index (χ2v) is 6.31. The first-order valence-corrected chi connectivity index (χ1v) is 7.80. The average Bonchev–Trinajstić information content (AvgIpc) is 2.48. The smallest absolute Gasteiger partial charge is 0.127 e. The summed E-state index contributed by atoms with van der Waals surface area (Å²) >= 11 is 9.59. The summed E-state index contributed by atoms with van der Waals surface area (Å²) in [5.41, 5.74) is 8.27. The minimum absolute atomic E-state index is 0.101. The highest BCUT2D eigenvalue weighted by Gasteiger charge is 2.28. The van der Waals surface area contributed by atoms with Crippen LogP contribution < -0.4 is 15.2 Å². The van der Waals surface area contributed by atoms with Crippen LogP contribution in [0.5, 0.6) is 11.5 Å². The molecule has 0 radical (unpaired) electrons. The van der Waals surface area contributed by atoms with Gasteiger partial charge in [-0.3, -0.25) is 0 Å². The number of nitrogens with two attached hydrogens (primary N) is 1. The van der Waals surface area contributed by atoms with Gasteiger partial charge in [-0.2, -0.15) is 0 Å². The van der Waals surface area contributed by atoms with Crippen molar-refractivity contribution in [1.82, 2.24) is 0 Å². The van der Waals surface area contributed by atoms with Gasteiger partial charge >= 0.3 is 0 Å². The molecular weight excluding hydrogens is 354 g/mol. The number of ether oxygens (including phenoxy) is 2. The SMILES string of the molecule is COc1ccc(Br)c(C2C[C@H](N)c3cc(Cl)ccc3O2)c1. The highest BCUT2D eigenvalue weighted by Crippen LogP contribution is 2.43. The molecule has 0 bridgehead atoms. The molecule has 3 rings (SSSR count). The number of hydrogen-bond donors (Lipinski definition) is 1. The van der Waals surface area contributed by atoms with Gasteiger partial charge in [0.25, 0.3) is 0 Å². The van der Waals surface area contributed by atoms with Gasteiger partial charge in [0.05, 0.1) is 7.11 Å². The molecule has 0 aliphatic carbocycles. The quantitative estimate of drug-likeness (QED) is 0.840. The Morgan fingerprint density at radius 2 is 2.05 bits per heavy atom. The molecule has 1 unspecified atom stereocenters. The molecule has 3 nitrogen and oxygen atoms in total. The third-order valence-corrected chi connectivity index (χ3v) is 4.62. The van der Waals surface area contributed by atoms with E-state index in [2.05, 4.69) is 15.9 Å². The zero-order valence-corrected chi connectivity index (χ0v) is 13.8. The summed E-state index contributed by atoms with van der Waals surface area (Å²) in [6, 6.07) is 11.3. The predicted molar refractivity (Wildman–Crippen MR) is 87.1 cm³/mol. The van der Waals surface area contributed by atoms with Crippen molar-refractivity contribution in [3.8, 4) is 11.5 Å². The molecule has 0 aromatic heterocycles. The van der Waals surface area contributed by atoms with Crippen molar-refractivity contribution in [2.45, 2.75) is 18.6 Å². The average molecular weight is 369 g/mol. The van der Waals surface area contributed by atoms with Crippen LogP contribution in [0.2, 0.25) is 5.02 Å². The zero-order valence-electron chi connectivity index (χ0n) is 11.5. The van der Waals surface area contributed by atoms with E-state index in [4.69, 9.17) is 26.8 Å². The van der Waals surface area contributed by atoms with Gasteiger partial charge in [0, 0.05) is 33.1 Å². The molecule has 0 amide bonds. The van der Waals surface area contributed by atoms with Crippen molar-refractivity contribution in [3.05, 3.63) is 57.0 Å². The van der Waals surface area contributed by atoms with Crippen LogP contribution in [0.15, 0.2) is 40.9 Å². The van der Waals surface area contributed by atoms with E-state index in [9.17, 15) is 0 Å². The molecule has 0 fully saturated rings. The standard InChI is InChI=1S/C16H15BrClNO2/c1-20-10-3-4-13(17)11(7-10)16-8-14(19)12-6-9(18)2-5-15(12)21-16/h2-7,14,16H,8,19H2,1H3/t14-,16?/m0/s1. The maximum Gasteiger partial charge on any atom is 0.127 e. The topological polar surface area (TPSA) is 44.5 Å². The number of hydrogen-bond acceptors (Lipinski definition) is 3. The van der Waals surface area contributed by atoms with Crippen molar-refractivity contribution in [2.75, 3.05) is 7.11 Å². The van der Waals surface area contributed by atoms with Crippen LogP contribution in [0.4, 0.5) is 0 Å². The van der Waals surface area contributed by atoms with Gasteiger partial charge in [0.15, 0.2) is 0 Å².